The monoisotopic (exact) mass is 394 g/mol. The van der Waals surface area contributed by atoms with Crippen LogP contribution in [0.15, 0.2) is 48.7 Å². The lowest BCUT2D eigenvalue weighted by atomic mass is 10.2. The largest absolute Gasteiger partial charge is 0.368 e. The standard InChI is InChI=1S/C21H23ClN6/c1-15-4-3-5-18(12-15)27-8-10-28(11-9-27)20-14-23-26-21(25-20)24-19-13-17(22)7-6-16(19)2/h3-7,12-14H,8-11H2,1-2H3,(H,24,25,26). The lowest BCUT2D eigenvalue weighted by Crippen LogP contribution is -2.47. The molecule has 1 N–H and O–H groups in total. The third-order valence-electron chi connectivity index (χ3n) is 4.96. The van der Waals surface area contributed by atoms with Crippen LogP contribution in [0.2, 0.25) is 5.02 Å². The zero-order chi connectivity index (χ0) is 19.5. The Kier molecular flexibility index (Phi) is 5.30. The van der Waals surface area contributed by atoms with Crippen LogP contribution in [0.4, 0.5) is 23.1 Å². The van der Waals surface area contributed by atoms with Gasteiger partial charge in [-0.15, -0.1) is 5.10 Å². The number of halogens is 1. The molecule has 144 valence electrons. The summed E-state index contributed by atoms with van der Waals surface area (Å²) in [5.74, 6) is 1.31. The molecule has 6 nitrogen and oxygen atoms in total. The Bertz CT molecular complexity index is 969. The molecule has 0 unspecified atom stereocenters. The number of hydrogen-bond acceptors (Lipinski definition) is 6. The highest BCUT2D eigenvalue weighted by Gasteiger charge is 2.19. The molecule has 1 saturated heterocycles. The molecular weight excluding hydrogens is 372 g/mol. The van der Waals surface area contributed by atoms with E-state index in [4.69, 9.17) is 11.6 Å². The number of benzene rings is 2. The van der Waals surface area contributed by atoms with Crippen LogP contribution in [0.5, 0.6) is 0 Å². The third-order valence-corrected chi connectivity index (χ3v) is 5.20. The summed E-state index contributed by atoms with van der Waals surface area (Å²) in [6.45, 7) is 7.82. The van der Waals surface area contributed by atoms with E-state index < -0.39 is 0 Å². The van der Waals surface area contributed by atoms with E-state index in [-0.39, 0.29) is 0 Å². The van der Waals surface area contributed by atoms with Crippen LogP contribution in [0, 0.1) is 13.8 Å². The van der Waals surface area contributed by atoms with E-state index >= 15 is 0 Å². The molecule has 0 bridgehead atoms. The molecule has 0 amide bonds. The van der Waals surface area contributed by atoms with Gasteiger partial charge in [-0.25, -0.2) is 0 Å². The van der Waals surface area contributed by atoms with E-state index in [1.807, 2.05) is 25.1 Å². The van der Waals surface area contributed by atoms with Crippen LogP contribution >= 0.6 is 11.6 Å². The Morgan fingerprint density at radius 1 is 0.964 bits per heavy atom. The van der Waals surface area contributed by atoms with Crippen molar-refractivity contribution in [1.29, 1.82) is 0 Å². The van der Waals surface area contributed by atoms with E-state index in [9.17, 15) is 0 Å². The normalized spacial score (nSPS) is 14.2. The maximum absolute atomic E-state index is 6.10. The first-order valence-corrected chi connectivity index (χ1v) is 9.76. The Morgan fingerprint density at radius 3 is 2.54 bits per heavy atom. The lowest BCUT2D eigenvalue weighted by molar-refractivity contribution is 0.644. The highest BCUT2D eigenvalue weighted by molar-refractivity contribution is 6.30. The van der Waals surface area contributed by atoms with Crippen molar-refractivity contribution in [2.75, 3.05) is 41.3 Å². The van der Waals surface area contributed by atoms with Gasteiger partial charge in [-0.3, -0.25) is 0 Å². The van der Waals surface area contributed by atoms with Crippen molar-refractivity contribution in [3.05, 3.63) is 64.8 Å². The van der Waals surface area contributed by atoms with Gasteiger partial charge in [0.2, 0.25) is 5.95 Å². The van der Waals surface area contributed by atoms with Crippen LogP contribution in [-0.4, -0.2) is 41.4 Å². The predicted molar refractivity (Wildman–Crippen MR) is 115 cm³/mol. The van der Waals surface area contributed by atoms with Crippen molar-refractivity contribution in [1.82, 2.24) is 15.2 Å². The molecule has 0 aliphatic carbocycles. The Balaban J connectivity index is 1.44. The number of anilines is 4. The van der Waals surface area contributed by atoms with E-state index in [1.165, 1.54) is 11.3 Å². The van der Waals surface area contributed by atoms with Crippen LogP contribution in [0.3, 0.4) is 0 Å². The Labute approximate surface area is 170 Å². The number of nitrogens with zero attached hydrogens (tertiary/aromatic N) is 5. The number of rotatable bonds is 4. The number of nitrogens with one attached hydrogen (secondary N) is 1. The van der Waals surface area contributed by atoms with Crippen LogP contribution in [0.1, 0.15) is 11.1 Å². The minimum atomic E-state index is 0.476. The van der Waals surface area contributed by atoms with E-state index in [0.29, 0.717) is 11.0 Å². The molecule has 2 heterocycles. The van der Waals surface area contributed by atoms with E-state index in [1.54, 1.807) is 6.20 Å². The lowest BCUT2D eigenvalue weighted by Gasteiger charge is -2.36. The van der Waals surface area contributed by atoms with Gasteiger partial charge in [0.1, 0.15) is 0 Å². The Morgan fingerprint density at radius 2 is 1.75 bits per heavy atom. The molecule has 0 saturated carbocycles. The average molecular weight is 395 g/mol. The van der Waals surface area contributed by atoms with Gasteiger partial charge in [0.05, 0.1) is 6.20 Å². The molecule has 0 spiro atoms. The second kappa shape index (κ2) is 8.02. The molecule has 1 aromatic heterocycles. The topological polar surface area (TPSA) is 57.2 Å². The summed E-state index contributed by atoms with van der Waals surface area (Å²) in [5.41, 5.74) is 4.52. The van der Waals surface area contributed by atoms with Crippen LogP contribution in [0.25, 0.3) is 0 Å². The molecular formula is C21H23ClN6. The number of aromatic nitrogens is 3. The fourth-order valence-electron chi connectivity index (χ4n) is 3.37. The minimum Gasteiger partial charge on any atom is -0.368 e. The minimum absolute atomic E-state index is 0.476. The highest BCUT2D eigenvalue weighted by Crippen LogP contribution is 2.24. The molecule has 0 atom stereocenters. The van der Waals surface area contributed by atoms with Gasteiger partial charge < -0.3 is 15.1 Å². The number of piperazine rings is 1. The molecule has 4 rings (SSSR count). The zero-order valence-electron chi connectivity index (χ0n) is 16.1. The maximum atomic E-state index is 6.10. The second-order valence-electron chi connectivity index (χ2n) is 7.04. The highest BCUT2D eigenvalue weighted by atomic mass is 35.5. The van der Waals surface area contributed by atoms with Gasteiger partial charge in [-0.2, -0.15) is 10.1 Å². The summed E-state index contributed by atoms with van der Waals surface area (Å²) in [6.07, 6.45) is 1.72. The molecule has 1 aliphatic rings. The smallest absolute Gasteiger partial charge is 0.249 e. The fourth-order valence-corrected chi connectivity index (χ4v) is 3.54. The van der Waals surface area contributed by atoms with Crippen molar-refractivity contribution in [2.45, 2.75) is 13.8 Å². The number of hydrogen-bond donors (Lipinski definition) is 1. The first kappa shape index (κ1) is 18.5. The van der Waals surface area contributed by atoms with Crippen molar-refractivity contribution >= 4 is 34.7 Å². The summed E-state index contributed by atoms with van der Waals surface area (Å²) in [4.78, 5) is 9.31. The molecule has 7 heteroatoms. The summed E-state index contributed by atoms with van der Waals surface area (Å²) in [7, 11) is 0. The first-order valence-electron chi connectivity index (χ1n) is 9.38. The molecule has 28 heavy (non-hydrogen) atoms. The first-order chi connectivity index (χ1) is 13.6. The van der Waals surface area contributed by atoms with Crippen molar-refractivity contribution in [3.8, 4) is 0 Å². The summed E-state index contributed by atoms with van der Waals surface area (Å²) >= 11 is 6.10. The van der Waals surface area contributed by atoms with E-state index in [2.05, 4.69) is 61.5 Å². The van der Waals surface area contributed by atoms with Crippen molar-refractivity contribution in [3.63, 3.8) is 0 Å². The maximum Gasteiger partial charge on any atom is 0.249 e. The summed E-state index contributed by atoms with van der Waals surface area (Å²) in [6, 6.07) is 14.3. The fraction of sp³-hybridized carbons (Fsp3) is 0.286. The van der Waals surface area contributed by atoms with Crippen LogP contribution in [-0.2, 0) is 0 Å². The number of aryl methyl sites for hydroxylation is 2. The van der Waals surface area contributed by atoms with Gasteiger partial charge in [0.15, 0.2) is 5.82 Å². The Hall–Kier alpha value is -2.86. The van der Waals surface area contributed by atoms with Crippen molar-refractivity contribution in [2.24, 2.45) is 0 Å². The SMILES string of the molecule is Cc1cccc(N2CCN(c3cnnc(Nc4cc(Cl)ccc4C)n3)CC2)c1. The molecule has 0 radical (unpaired) electrons. The zero-order valence-corrected chi connectivity index (χ0v) is 16.8. The van der Waals surface area contributed by atoms with Crippen LogP contribution < -0.4 is 15.1 Å². The summed E-state index contributed by atoms with van der Waals surface area (Å²) in [5, 5.41) is 12.2. The van der Waals surface area contributed by atoms with Gasteiger partial charge in [-0.1, -0.05) is 29.8 Å². The average Bonchev–Trinajstić information content (AvgIpc) is 2.71. The predicted octanol–water partition coefficient (Wildman–Crippen LogP) is 4.21. The second-order valence-corrected chi connectivity index (χ2v) is 7.47. The molecule has 2 aromatic carbocycles. The molecule has 1 aliphatic heterocycles. The van der Waals surface area contributed by atoms with Crippen molar-refractivity contribution < 1.29 is 0 Å². The van der Waals surface area contributed by atoms with Gasteiger partial charge >= 0.3 is 0 Å². The van der Waals surface area contributed by atoms with Gasteiger partial charge in [0, 0.05) is 42.6 Å². The molecule has 3 aromatic rings. The summed E-state index contributed by atoms with van der Waals surface area (Å²) < 4.78 is 0. The van der Waals surface area contributed by atoms with E-state index in [0.717, 1.165) is 43.2 Å². The molecule has 1 fully saturated rings. The van der Waals surface area contributed by atoms with Gasteiger partial charge in [0.25, 0.3) is 0 Å². The van der Waals surface area contributed by atoms with Gasteiger partial charge in [-0.05, 0) is 49.2 Å². The quantitative estimate of drug-likeness (QED) is 0.715. The third kappa shape index (κ3) is 4.17.